The van der Waals surface area contributed by atoms with Crippen LogP contribution >= 0.6 is 15.9 Å². The maximum absolute atomic E-state index is 4.58. The Morgan fingerprint density at radius 2 is 1.62 bits per heavy atom. The lowest BCUT2D eigenvalue weighted by Gasteiger charge is -2.21. The first kappa shape index (κ1) is 14.1. The second-order valence-corrected chi connectivity index (χ2v) is 7.84. The Morgan fingerprint density at radius 3 is 2.50 bits per heavy atom. The Labute approximate surface area is 148 Å². The molecule has 0 spiro atoms. The Morgan fingerprint density at radius 1 is 0.833 bits per heavy atom. The first-order chi connectivity index (χ1) is 11.6. The van der Waals surface area contributed by atoms with Gasteiger partial charge in [-0.25, -0.2) is 0 Å². The molecule has 1 aliphatic carbocycles. The molecule has 0 N–H and O–H groups in total. The van der Waals surface area contributed by atoms with E-state index in [-0.39, 0.29) is 5.41 Å². The van der Waals surface area contributed by atoms with Gasteiger partial charge >= 0.3 is 0 Å². The lowest BCUT2D eigenvalue weighted by atomic mass is 9.82. The van der Waals surface area contributed by atoms with Crippen molar-refractivity contribution in [2.45, 2.75) is 19.3 Å². The number of fused-ring (bicyclic) bond motifs is 6. The number of rotatable bonds is 0. The molecule has 0 fully saturated rings. The minimum Gasteiger partial charge on any atom is -0.253 e. The minimum absolute atomic E-state index is 0.00999. The van der Waals surface area contributed by atoms with E-state index in [1.165, 1.54) is 33.0 Å². The van der Waals surface area contributed by atoms with E-state index in [9.17, 15) is 0 Å². The first-order valence-corrected chi connectivity index (χ1v) is 8.83. The summed E-state index contributed by atoms with van der Waals surface area (Å²) >= 11 is 3.62. The van der Waals surface area contributed by atoms with Gasteiger partial charge in [0.15, 0.2) is 0 Å². The van der Waals surface area contributed by atoms with Crippen molar-refractivity contribution in [3.63, 3.8) is 0 Å². The van der Waals surface area contributed by atoms with Crippen molar-refractivity contribution in [1.29, 1.82) is 0 Å². The van der Waals surface area contributed by atoms with E-state index in [1.54, 1.807) is 12.4 Å². The average molecular weight is 375 g/mol. The molecule has 3 heteroatoms. The number of hydrogen-bond donors (Lipinski definition) is 0. The number of aromatic nitrogens is 2. The molecule has 116 valence electrons. The van der Waals surface area contributed by atoms with Crippen LogP contribution in [-0.4, -0.2) is 9.97 Å². The zero-order valence-corrected chi connectivity index (χ0v) is 15.1. The van der Waals surface area contributed by atoms with Crippen LogP contribution in [0.2, 0.25) is 0 Å². The summed E-state index contributed by atoms with van der Waals surface area (Å²) in [5, 5.41) is 2.39. The van der Waals surface area contributed by atoms with Gasteiger partial charge in [-0.3, -0.25) is 9.97 Å². The molecule has 1 aliphatic rings. The van der Waals surface area contributed by atoms with Crippen LogP contribution in [0.1, 0.15) is 25.0 Å². The molecule has 5 rings (SSSR count). The lowest BCUT2D eigenvalue weighted by Crippen LogP contribution is -2.14. The van der Waals surface area contributed by atoms with Crippen molar-refractivity contribution in [1.82, 2.24) is 9.97 Å². The molecule has 0 atom stereocenters. The summed E-state index contributed by atoms with van der Waals surface area (Å²) in [6, 6.07) is 15.4. The molecule has 2 nitrogen and oxygen atoms in total. The van der Waals surface area contributed by atoms with Crippen molar-refractivity contribution in [3.8, 4) is 11.1 Å². The predicted octanol–water partition coefficient (Wildman–Crippen LogP) is 5.85. The van der Waals surface area contributed by atoms with Gasteiger partial charge in [0, 0.05) is 27.7 Å². The Hall–Kier alpha value is -2.26. The fraction of sp³-hybridized carbons (Fsp3) is 0.143. The van der Waals surface area contributed by atoms with Crippen LogP contribution in [0.15, 0.2) is 59.3 Å². The first-order valence-electron chi connectivity index (χ1n) is 8.04. The smallest absolute Gasteiger partial charge is 0.0965 e. The third-order valence-electron chi connectivity index (χ3n) is 5.21. The van der Waals surface area contributed by atoms with Gasteiger partial charge in [-0.1, -0.05) is 41.9 Å². The third kappa shape index (κ3) is 1.76. The van der Waals surface area contributed by atoms with Crippen LogP contribution in [0.4, 0.5) is 0 Å². The van der Waals surface area contributed by atoms with Gasteiger partial charge in [0.25, 0.3) is 0 Å². The van der Waals surface area contributed by atoms with Crippen LogP contribution in [0, 0.1) is 0 Å². The molecule has 0 radical (unpaired) electrons. The van der Waals surface area contributed by atoms with E-state index >= 15 is 0 Å². The molecule has 3 aromatic carbocycles. The van der Waals surface area contributed by atoms with E-state index in [0.717, 1.165) is 15.5 Å². The quantitative estimate of drug-likeness (QED) is 0.360. The molecule has 0 bridgehead atoms. The largest absolute Gasteiger partial charge is 0.253 e. The topological polar surface area (TPSA) is 25.8 Å². The van der Waals surface area contributed by atoms with Gasteiger partial charge in [-0.15, -0.1) is 0 Å². The van der Waals surface area contributed by atoms with E-state index in [4.69, 9.17) is 0 Å². The highest BCUT2D eigenvalue weighted by atomic mass is 79.9. The van der Waals surface area contributed by atoms with Crippen LogP contribution in [0.25, 0.3) is 32.9 Å². The highest BCUT2D eigenvalue weighted by Gasteiger charge is 2.35. The van der Waals surface area contributed by atoms with Crippen molar-refractivity contribution in [2.75, 3.05) is 0 Å². The molecule has 1 aromatic heterocycles. The molecular weight excluding hydrogens is 360 g/mol. The van der Waals surface area contributed by atoms with E-state index in [2.05, 4.69) is 82.2 Å². The number of hydrogen-bond acceptors (Lipinski definition) is 2. The molecule has 24 heavy (non-hydrogen) atoms. The fourth-order valence-corrected chi connectivity index (χ4v) is 4.34. The number of halogens is 1. The fourth-order valence-electron chi connectivity index (χ4n) is 3.98. The summed E-state index contributed by atoms with van der Waals surface area (Å²) in [5.74, 6) is 0. The zero-order valence-electron chi connectivity index (χ0n) is 13.5. The van der Waals surface area contributed by atoms with Crippen LogP contribution < -0.4 is 0 Å². The van der Waals surface area contributed by atoms with Crippen molar-refractivity contribution < 1.29 is 0 Å². The highest BCUT2D eigenvalue weighted by molar-refractivity contribution is 9.10. The van der Waals surface area contributed by atoms with Crippen LogP contribution in [-0.2, 0) is 5.41 Å². The maximum Gasteiger partial charge on any atom is 0.0965 e. The maximum atomic E-state index is 4.58. The summed E-state index contributed by atoms with van der Waals surface area (Å²) in [6.45, 7) is 4.60. The predicted molar refractivity (Wildman–Crippen MR) is 102 cm³/mol. The molecule has 0 saturated heterocycles. The second-order valence-electron chi connectivity index (χ2n) is 6.92. The van der Waals surface area contributed by atoms with Gasteiger partial charge in [0.2, 0.25) is 0 Å². The van der Waals surface area contributed by atoms with E-state index < -0.39 is 0 Å². The van der Waals surface area contributed by atoms with Crippen molar-refractivity contribution >= 4 is 37.7 Å². The summed E-state index contributed by atoms with van der Waals surface area (Å²) in [7, 11) is 0. The summed E-state index contributed by atoms with van der Waals surface area (Å²) in [6.07, 6.45) is 3.52. The summed E-state index contributed by atoms with van der Waals surface area (Å²) in [5.41, 5.74) is 7.31. The normalized spacial score (nSPS) is 14.8. The van der Waals surface area contributed by atoms with Gasteiger partial charge < -0.3 is 0 Å². The van der Waals surface area contributed by atoms with Gasteiger partial charge in [0.05, 0.1) is 11.0 Å². The summed E-state index contributed by atoms with van der Waals surface area (Å²) < 4.78 is 1.12. The highest BCUT2D eigenvalue weighted by Crippen LogP contribution is 2.50. The van der Waals surface area contributed by atoms with Gasteiger partial charge in [0.1, 0.15) is 0 Å². The molecule has 4 aromatic rings. The zero-order chi connectivity index (χ0) is 16.5. The number of benzene rings is 3. The van der Waals surface area contributed by atoms with Gasteiger partial charge in [-0.05, 0) is 58.0 Å². The third-order valence-corrected chi connectivity index (χ3v) is 5.70. The summed E-state index contributed by atoms with van der Waals surface area (Å²) in [4.78, 5) is 9.02. The Kier molecular flexibility index (Phi) is 2.73. The SMILES string of the molecule is CC1(C)c2ccc(Br)cc2-c2cc3ccc4nccnc4c3cc21. The monoisotopic (exact) mass is 374 g/mol. The molecular formula is C21H15BrN2. The van der Waals surface area contributed by atoms with E-state index in [1.807, 2.05) is 0 Å². The number of nitrogens with zero attached hydrogens (tertiary/aromatic N) is 2. The van der Waals surface area contributed by atoms with E-state index in [0.29, 0.717) is 0 Å². The van der Waals surface area contributed by atoms with Gasteiger partial charge in [-0.2, -0.15) is 0 Å². The average Bonchev–Trinajstić information content (AvgIpc) is 2.80. The molecule has 0 unspecified atom stereocenters. The van der Waals surface area contributed by atoms with Crippen molar-refractivity contribution in [2.24, 2.45) is 0 Å². The molecule has 0 saturated carbocycles. The molecule has 0 aliphatic heterocycles. The van der Waals surface area contributed by atoms with Crippen LogP contribution in [0.3, 0.4) is 0 Å². The molecule has 0 amide bonds. The second kappa shape index (κ2) is 4.64. The molecule has 1 heterocycles. The van der Waals surface area contributed by atoms with Crippen molar-refractivity contribution in [3.05, 3.63) is 70.5 Å². The minimum atomic E-state index is -0.00999. The Bertz CT molecular complexity index is 1150. The van der Waals surface area contributed by atoms with Crippen LogP contribution in [0.5, 0.6) is 0 Å². The standard InChI is InChI=1S/C21H15BrN2/c1-21(2)17-5-4-13(22)10-16(17)15-9-12-3-6-19-20(24-8-7-23-19)14(12)11-18(15)21/h3-11H,1-2H3. The Balaban J connectivity index is 1.93. The lowest BCUT2D eigenvalue weighted by molar-refractivity contribution is 0.661.